The minimum absolute atomic E-state index is 0. The van der Waals surface area contributed by atoms with Crippen molar-refractivity contribution in [1.82, 2.24) is 0 Å². The molecule has 0 aromatic heterocycles. The maximum atomic E-state index is 4.55. The minimum atomic E-state index is 0. The van der Waals surface area contributed by atoms with E-state index in [1.54, 1.807) is 0 Å². The molecule has 2 aliphatic rings. The molecule has 0 saturated carbocycles. The van der Waals surface area contributed by atoms with E-state index in [1.807, 2.05) is 12.1 Å². The van der Waals surface area contributed by atoms with Gasteiger partial charge in [0.05, 0.1) is 51.6 Å². The molecule has 0 N–H and O–H groups in total. The second-order valence-electron chi connectivity index (χ2n) is 9.43. The van der Waals surface area contributed by atoms with E-state index >= 15 is 0 Å². The highest BCUT2D eigenvalue weighted by Crippen LogP contribution is 2.24. The molecule has 0 saturated heterocycles. The lowest BCUT2D eigenvalue weighted by molar-refractivity contribution is -0.918. The van der Waals surface area contributed by atoms with Gasteiger partial charge in [-0.2, -0.15) is 10.2 Å². The van der Waals surface area contributed by atoms with E-state index in [4.69, 9.17) is 0 Å². The summed E-state index contributed by atoms with van der Waals surface area (Å²) in [5.74, 6) is 0. The maximum absolute atomic E-state index is 4.55. The molecular formula is C26H34IN4+. The molecule has 2 aromatic rings. The number of hydrogen-bond acceptors (Lipinski definition) is 2. The van der Waals surface area contributed by atoms with Crippen molar-refractivity contribution >= 4 is 11.4 Å². The fourth-order valence-electron chi connectivity index (χ4n) is 4.57. The largest absolute Gasteiger partial charge is 1.00 e. The highest BCUT2D eigenvalue weighted by Gasteiger charge is 2.23. The van der Waals surface area contributed by atoms with Crippen molar-refractivity contribution in [2.24, 2.45) is 10.2 Å². The maximum Gasteiger partial charge on any atom is 0.104 e. The molecule has 164 valence electrons. The van der Waals surface area contributed by atoms with Crippen LogP contribution in [0.5, 0.6) is 0 Å². The first-order chi connectivity index (χ1) is 14.5. The molecule has 2 aromatic carbocycles. The van der Waals surface area contributed by atoms with Crippen LogP contribution >= 0.6 is 0 Å². The van der Waals surface area contributed by atoms with Crippen molar-refractivity contribution < 1.29 is 32.9 Å². The Morgan fingerprint density at radius 3 is 1.52 bits per heavy atom. The summed E-state index contributed by atoms with van der Waals surface area (Å²) in [5.41, 5.74) is 4.51. The van der Waals surface area contributed by atoms with Crippen LogP contribution in [0.15, 0.2) is 83.1 Å². The van der Waals surface area contributed by atoms with Gasteiger partial charge in [-0.1, -0.05) is 36.4 Å². The number of likely N-dealkylation sites (N-methyl/N-ethyl adjacent to an activating group) is 2. The lowest BCUT2D eigenvalue weighted by Gasteiger charge is -2.35. The average molecular weight is 529 g/mol. The van der Waals surface area contributed by atoms with E-state index in [0.29, 0.717) is 0 Å². The molecule has 2 aliphatic heterocycles. The molecule has 4 nitrogen and oxygen atoms in total. The molecule has 2 unspecified atom stereocenters. The summed E-state index contributed by atoms with van der Waals surface area (Å²) in [6.45, 7) is 6.67. The van der Waals surface area contributed by atoms with Gasteiger partial charge >= 0.3 is 0 Å². The van der Waals surface area contributed by atoms with Crippen molar-refractivity contribution in [3.8, 4) is 0 Å². The number of hydrogen-bond donors (Lipinski definition) is 0. The van der Waals surface area contributed by atoms with Crippen molar-refractivity contribution in [2.75, 3.05) is 40.3 Å². The van der Waals surface area contributed by atoms with E-state index < -0.39 is 0 Å². The SMILES string of the molecule is C[N+]1(Cc2cccc(N=Nc3cccc(C[N+]4(C)CC=CCC4)c3)c2)CC=CCC1.[I-]. The van der Waals surface area contributed by atoms with Gasteiger partial charge in [-0.05, 0) is 36.4 Å². The zero-order valence-electron chi connectivity index (χ0n) is 18.8. The summed E-state index contributed by atoms with van der Waals surface area (Å²) in [6.07, 6.45) is 11.5. The monoisotopic (exact) mass is 529 g/mol. The van der Waals surface area contributed by atoms with E-state index in [2.05, 4.69) is 85.0 Å². The van der Waals surface area contributed by atoms with Gasteiger partial charge in [-0.25, -0.2) is 0 Å². The normalized spacial score (nSPS) is 25.5. The zero-order chi connectivity index (χ0) is 20.9. The van der Waals surface area contributed by atoms with E-state index in [-0.39, 0.29) is 24.0 Å². The Kier molecular flexibility index (Phi) is 8.19. The van der Waals surface area contributed by atoms with Gasteiger partial charge in [-0.15, -0.1) is 0 Å². The first kappa shape index (κ1) is 23.8. The Morgan fingerprint density at radius 1 is 0.677 bits per heavy atom. The number of nitrogens with zero attached hydrogens (tertiary/aromatic N) is 4. The summed E-state index contributed by atoms with van der Waals surface area (Å²) in [5, 5.41) is 9.09. The molecule has 2 atom stereocenters. The average Bonchev–Trinajstić information content (AvgIpc) is 2.73. The third-order valence-electron chi connectivity index (χ3n) is 6.33. The Balaban J connectivity index is 0.00000272. The highest BCUT2D eigenvalue weighted by atomic mass is 127. The zero-order valence-corrected chi connectivity index (χ0v) is 20.9. The van der Waals surface area contributed by atoms with Gasteiger partial charge in [0.2, 0.25) is 0 Å². The van der Waals surface area contributed by atoms with Gasteiger partial charge in [-0.3, -0.25) is 0 Å². The summed E-state index contributed by atoms with van der Waals surface area (Å²) < 4.78 is 2.12. The third kappa shape index (κ3) is 6.82. The lowest BCUT2D eigenvalue weighted by atomic mass is 10.1. The Bertz CT molecular complexity index is 890. The summed E-state index contributed by atoms with van der Waals surface area (Å²) >= 11 is 0. The van der Waals surface area contributed by atoms with Gasteiger partial charge in [0, 0.05) is 24.0 Å². The fourth-order valence-corrected chi connectivity index (χ4v) is 4.57. The number of azo groups is 1. The molecule has 0 radical (unpaired) electrons. The van der Waals surface area contributed by atoms with Crippen LogP contribution in [0.25, 0.3) is 0 Å². The topological polar surface area (TPSA) is 24.7 Å². The van der Waals surface area contributed by atoms with Crippen LogP contribution < -0.4 is 24.0 Å². The predicted molar refractivity (Wildman–Crippen MR) is 124 cm³/mol. The molecule has 0 bridgehead atoms. The molecule has 31 heavy (non-hydrogen) atoms. The van der Waals surface area contributed by atoms with Gasteiger partial charge in [0.15, 0.2) is 0 Å². The molecule has 0 amide bonds. The van der Waals surface area contributed by atoms with Gasteiger partial charge in [0.25, 0.3) is 0 Å². The van der Waals surface area contributed by atoms with E-state index in [0.717, 1.165) is 46.5 Å². The summed E-state index contributed by atoms with van der Waals surface area (Å²) in [7, 11) is 4.68. The Morgan fingerprint density at radius 2 is 1.13 bits per heavy atom. The number of quaternary nitrogens is 2. The number of rotatable bonds is 6. The van der Waals surface area contributed by atoms with E-state index in [1.165, 1.54) is 37.1 Å². The molecule has 0 spiro atoms. The molecule has 0 aliphatic carbocycles. The Labute approximate surface area is 204 Å². The lowest BCUT2D eigenvalue weighted by Crippen LogP contribution is -3.00. The van der Waals surface area contributed by atoms with Crippen LogP contribution in [-0.2, 0) is 13.1 Å². The summed E-state index contributed by atoms with van der Waals surface area (Å²) in [6, 6.07) is 17.1. The fraction of sp³-hybridized carbons (Fsp3) is 0.385. The molecule has 2 heterocycles. The highest BCUT2D eigenvalue weighted by molar-refractivity contribution is 5.43. The second kappa shape index (κ2) is 10.7. The first-order valence-corrected chi connectivity index (χ1v) is 11.1. The van der Waals surface area contributed by atoms with Crippen molar-refractivity contribution in [2.45, 2.75) is 25.9 Å². The van der Waals surface area contributed by atoms with Crippen LogP contribution in [0.1, 0.15) is 24.0 Å². The molecule has 5 heteroatoms. The predicted octanol–water partition coefficient (Wildman–Crippen LogP) is 2.92. The first-order valence-electron chi connectivity index (χ1n) is 11.1. The third-order valence-corrected chi connectivity index (χ3v) is 6.33. The Hall–Kier alpha value is -1.83. The standard InChI is InChI=1S/C26H34N4.HI/c1-29(15-5-3-6-16-29)21-23-11-9-13-25(19-23)27-28-26-14-10-12-24(20-26)22-30(2)17-7-4-8-18-30;/h3-5,7,9-14,19-20H,6,8,15-18,21-22H2,1-2H3;1H/q+2;/p-1. The van der Waals surface area contributed by atoms with Crippen LogP contribution in [0.2, 0.25) is 0 Å². The molecular weight excluding hydrogens is 495 g/mol. The van der Waals surface area contributed by atoms with Gasteiger partial charge in [0.1, 0.15) is 13.1 Å². The summed E-state index contributed by atoms with van der Waals surface area (Å²) in [4.78, 5) is 0. The molecule has 4 rings (SSSR count). The van der Waals surface area contributed by atoms with Crippen LogP contribution in [0.4, 0.5) is 11.4 Å². The quantitative estimate of drug-likeness (QED) is 0.238. The number of benzene rings is 2. The smallest absolute Gasteiger partial charge is 0.104 e. The minimum Gasteiger partial charge on any atom is -1.00 e. The van der Waals surface area contributed by atoms with Crippen molar-refractivity contribution in [1.29, 1.82) is 0 Å². The van der Waals surface area contributed by atoms with Crippen molar-refractivity contribution in [3.05, 3.63) is 84.0 Å². The molecule has 0 fully saturated rings. The number of halogens is 1. The second-order valence-corrected chi connectivity index (χ2v) is 9.43. The van der Waals surface area contributed by atoms with Crippen LogP contribution in [-0.4, -0.2) is 49.2 Å². The van der Waals surface area contributed by atoms with E-state index in [9.17, 15) is 0 Å². The van der Waals surface area contributed by atoms with Crippen LogP contribution in [0, 0.1) is 0 Å². The van der Waals surface area contributed by atoms with Crippen LogP contribution in [0.3, 0.4) is 0 Å². The van der Waals surface area contributed by atoms with Crippen molar-refractivity contribution in [3.63, 3.8) is 0 Å². The van der Waals surface area contributed by atoms with Gasteiger partial charge < -0.3 is 32.9 Å².